The standard InChI is InChI=1S/C10H16N4O2/c1-7(11)10(16)14-4-8(9(15)5-14)13-3-2-12-6-13/h2-3,6-9,15H,4-5,11H2,1H3/t7-,8+,9+/m0/s1. The largest absolute Gasteiger partial charge is 0.389 e. The molecule has 88 valence electrons. The van der Waals surface area contributed by atoms with Crippen molar-refractivity contribution >= 4 is 5.91 Å². The first-order chi connectivity index (χ1) is 7.59. The van der Waals surface area contributed by atoms with E-state index < -0.39 is 12.1 Å². The number of nitrogens with two attached hydrogens (primary N) is 1. The van der Waals surface area contributed by atoms with Gasteiger partial charge < -0.3 is 20.3 Å². The maximum absolute atomic E-state index is 11.7. The van der Waals surface area contributed by atoms with Crippen molar-refractivity contribution in [2.24, 2.45) is 5.73 Å². The summed E-state index contributed by atoms with van der Waals surface area (Å²) in [5.41, 5.74) is 5.53. The molecule has 0 radical (unpaired) electrons. The third-order valence-corrected chi connectivity index (χ3v) is 2.87. The number of carbonyl (C=O) groups is 1. The van der Waals surface area contributed by atoms with Gasteiger partial charge in [0, 0.05) is 25.5 Å². The Bertz CT molecular complexity index is 363. The second kappa shape index (κ2) is 4.23. The van der Waals surface area contributed by atoms with Crippen LogP contribution in [0.3, 0.4) is 0 Å². The summed E-state index contributed by atoms with van der Waals surface area (Å²) >= 11 is 0. The van der Waals surface area contributed by atoms with Gasteiger partial charge in [-0.25, -0.2) is 4.98 Å². The molecule has 0 spiro atoms. The molecule has 3 N–H and O–H groups in total. The van der Waals surface area contributed by atoms with Crippen LogP contribution >= 0.6 is 0 Å². The van der Waals surface area contributed by atoms with Gasteiger partial charge in [-0.3, -0.25) is 4.79 Å². The van der Waals surface area contributed by atoms with E-state index in [1.165, 1.54) is 0 Å². The van der Waals surface area contributed by atoms with Crippen LogP contribution in [-0.2, 0) is 4.79 Å². The third-order valence-electron chi connectivity index (χ3n) is 2.87. The summed E-state index contributed by atoms with van der Waals surface area (Å²) in [4.78, 5) is 17.2. The van der Waals surface area contributed by atoms with Crippen molar-refractivity contribution in [3.05, 3.63) is 18.7 Å². The number of amides is 1. The summed E-state index contributed by atoms with van der Waals surface area (Å²) in [5.74, 6) is -0.123. The number of nitrogens with zero attached hydrogens (tertiary/aromatic N) is 3. The molecule has 6 nitrogen and oxygen atoms in total. The Labute approximate surface area is 93.7 Å². The second-order valence-corrected chi connectivity index (χ2v) is 4.18. The molecule has 1 aliphatic rings. The van der Waals surface area contributed by atoms with Crippen molar-refractivity contribution in [2.45, 2.75) is 25.1 Å². The van der Waals surface area contributed by atoms with Crippen molar-refractivity contribution in [1.29, 1.82) is 0 Å². The Morgan fingerprint density at radius 3 is 2.94 bits per heavy atom. The molecular weight excluding hydrogens is 208 g/mol. The van der Waals surface area contributed by atoms with E-state index in [1.54, 1.807) is 30.5 Å². The summed E-state index contributed by atoms with van der Waals surface area (Å²) in [6.45, 7) is 2.47. The minimum absolute atomic E-state index is 0.120. The van der Waals surface area contributed by atoms with Crippen LogP contribution in [0.4, 0.5) is 0 Å². The summed E-state index contributed by atoms with van der Waals surface area (Å²) in [5, 5.41) is 9.88. The molecule has 0 unspecified atom stereocenters. The molecule has 1 saturated heterocycles. The van der Waals surface area contributed by atoms with Crippen molar-refractivity contribution in [1.82, 2.24) is 14.5 Å². The lowest BCUT2D eigenvalue weighted by Crippen LogP contribution is -2.41. The van der Waals surface area contributed by atoms with Crippen LogP contribution in [0, 0.1) is 0 Å². The van der Waals surface area contributed by atoms with Crippen LogP contribution in [0.5, 0.6) is 0 Å². The van der Waals surface area contributed by atoms with E-state index in [9.17, 15) is 9.90 Å². The van der Waals surface area contributed by atoms with Gasteiger partial charge in [0.1, 0.15) is 0 Å². The van der Waals surface area contributed by atoms with Crippen molar-refractivity contribution < 1.29 is 9.90 Å². The zero-order valence-corrected chi connectivity index (χ0v) is 9.15. The highest BCUT2D eigenvalue weighted by Crippen LogP contribution is 2.22. The number of hydrogen-bond donors (Lipinski definition) is 2. The van der Waals surface area contributed by atoms with E-state index in [2.05, 4.69) is 4.98 Å². The molecule has 2 heterocycles. The van der Waals surface area contributed by atoms with Gasteiger partial charge in [-0.1, -0.05) is 0 Å². The van der Waals surface area contributed by atoms with Crippen molar-refractivity contribution in [2.75, 3.05) is 13.1 Å². The Hall–Kier alpha value is -1.40. The van der Waals surface area contributed by atoms with Gasteiger partial charge in [0.15, 0.2) is 0 Å². The fourth-order valence-corrected chi connectivity index (χ4v) is 2.00. The van der Waals surface area contributed by atoms with Crippen molar-refractivity contribution in [3.8, 4) is 0 Å². The predicted octanol–water partition coefficient (Wildman–Crippen LogP) is -1.03. The molecule has 0 aromatic carbocycles. The first-order valence-corrected chi connectivity index (χ1v) is 5.29. The molecule has 1 aromatic heterocycles. The Kier molecular flexibility index (Phi) is 2.93. The maximum atomic E-state index is 11.7. The Balaban J connectivity index is 2.08. The SMILES string of the molecule is C[C@H](N)C(=O)N1C[C@@H](O)[C@H](n2ccnc2)C1. The van der Waals surface area contributed by atoms with Gasteiger partial charge in [-0.05, 0) is 6.92 Å². The number of aliphatic hydroxyl groups is 1. The van der Waals surface area contributed by atoms with Gasteiger partial charge >= 0.3 is 0 Å². The zero-order chi connectivity index (χ0) is 11.7. The van der Waals surface area contributed by atoms with Gasteiger partial charge in [-0.2, -0.15) is 0 Å². The summed E-state index contributed by atoms with van der Waals surface area (Å²) in [6, 6.07) is -0.640. The first kappa shape index (κ1) is 11.1. The van der Waals surface area contributed by atoms with E-state index in [1.807, 2.05) is 4.57 Å². The fraction of sp³-hybridized carbons (Fsp3) is 0.600. The Morgan fingerprint density at radius 2 is 2.38 bits per heavy atom. The molecule has 1 fully saturated rings. The van der Waals surface area contributed by atoms with E-state index in [0.29, 0.717) is 13.1 Å². The molecule has 16 heavy (non-hydrogen) atoms. The minimum atomic E-state index is -0.558. The van der Waals surface area contributed by atoms with E-state index in [0.717, 1.165) is 0 Å². The molecule has 0 aliphatic carbocycles. The number of aliphatic hydroxyl groups excluding tert-OH is 1. The number of hydrogen-bond acceptors (Lipinski definition) is 4. The minimum Gasteiger partial charge on any atom is -0.389 e. The van der Waals surface area contributed by atoms with Crippen molar-refractivity contribution in [3.63, 3.8) is 0 Å². The molecule has 2 rings (SSSR count). The molecule has 1 aliphatic heterocycles. The quantitative estimate of drug-likeness (QED) is 0.673. The smallest absolute Gasteiger partial charge is 0.239 e. The van der Waals surface area contributed by atoms with Crippen LogP contribution in [0.1, 0.15) is 13.0 Å². The fourth-order valence-electron chi connectivity index (χ4n) is 2.00. The summed E-state index contributed by atoms with van der Waals surface area (Å²) in [6.07, 6.45) is 4.53. The maximum Gasteiger partial charge on any atom is 0.239 e. The molecule has 1 amide bonds. The predicted molar refractivity (Wildman–Crippen MR) is 57.5 cm³/mol. The Morgan fingerprint density at radius 1 is 1.62 bits per heavy atom. The number of imidazole rings is 1. The van der Waals surface area contributed by atoms with E-state index in [4.69, 9.17) is 5.73 Å². The third kappa shape index (κ3) is 1.94. The number of carbonyl (C=O) groups excluding carboxylic acids is 1. The van der Waals surface area contributed by atoms with Crippen LogP contribution in [-0.4, -0.2) is 50.7 Å². The second-order valence-electron chi connectivity index (χ2n) is 4.18. The first-order valence-electron chi connectivity index (χ1n) is 5.29. The zero-order valence-electron chi connectivity index (χ0n) is 9.15. The van der Waals surface area contributed by atoms with Gasteiger partial charge in [0.2, 0.25) is 5.91 Å². The van der Waals surface area contributed by atoms with Gasteiger partial charge in [0.05, 0.1) is 24.5 Å². The molecule has 0 bridgehead atoms. The van der Waals surface area contributed by atoms with Crippen LogP contribution < -0.4 is 5.73 Å². The molecule has 6 heteroatoms. The summed E-state index contributed by atoms with van der Waals surface area (Å²) < 4.78 is 1.82. The number of likely N-dealkylation sites (tertiary alicyclic amines) is 1. The normalized spacial score (nSPS) is 27.1. The van der Waals surface area contributed by atoms with Crippen LogP contribution in [0.2, 0.25) is 0 Å². The van der Waals surface area contributed by atoms with Gasteiger partial charge in [-0.15, -0.1) is 0 Å². The van der Waals surface area contributed by atoms with Crippen LogP contribution in [0.15, 0.2) is 18.7 Å². The molecular formula is C10H16N4O2. The highest BCUT2D eigenvalue weighted by atomic mass is 16.3. The molecule has 0 saturated carbocycles. The molecule has 3 atom stereocenters. The lowest BCUT2D eigenvalue weighted by Gasteiger charge is -2.18. The van der Waals surface area contributed by atoms with E-state index >= 15 is 0 Å². The lowest BCUT2D eigenvalue weighted by molar-refractivity contribution is -0.131. The monoisotopic (exact) mass is 224 g/mol. The average Bonchev–Trinajstić information content (AvgIpc) is 2.84. The highest BCUT2D eigenvalue weighted by molar-refractivity contribution is 5.81. The van der Waals surface area contributed by atoms with Gasteiger partial charge in [0.25, 0.3) is 0 Å². The number of β-amino-alcohol motifs (C(OH)–C–C–N with tert-alkyl or cyclic N) is 1. The van der Waals surface area contributed by atoms with Crippen LogP contribution in [0.25, 0.3) is 0 Å². The molecule has 1 aromatic rings. The number of aromatic nitrogens is 2. The lowest BCUT2D eigenvalue weighted by atomic mass is 10.2. The topological polar surface area (TPSA) is 84.4 Å². The highest BCUT2D eigenvalue weighted by Gasteiger charge is 2.35. The average molecular weight is 224 g/mol. The summed E-state index contributed by atoms with van der Waals surface area (Å²) in [7, 11) is 0. The van der Waals surface area contributed by atoms with E-state index in [-0.39, 0.29) is 11.9 Å². The number of rotatable bonds is 2.